The number of benzene rings is 2. The number of fused-ring (bicyclic) bond motifs is 1. The largest absolute Gasteiger partial charge is 0.305 e. The van der Waals surface area contributed by atoms with Crippen molar-refractivity contribution in [3.8, 4) is 0 Å². The van der Waals surface area contributed by atoms with Gasteiger partial charge in [-0.1, -0.05) is 42.5 Å². The number of amides is 1. The van der Waals surface area contributed by atoms with E-state index in [9.17, 15) is 4.79 Å². The van der Waals surface area contributed by atoms with Crippen molar-refractivity contribution >= 4 is 23.0 Å². The van der Waals surface area contributed by atoms with Crippen LogP contribution in [-0.2, 0) is 4.79 Å². The van der Waals surface area contributed by atoms with Crippen LogP contribution < -0.4 is 4.90 Å². The molecule has 3 rings (SSSR count). The predicted octanol–water partition coefficient (Wildman–Crippen LogP) is 3.17. The number of aliphatic imine (C=N–C) groups is 1. The van der Waals surface area contributed by atoms with E-state index in [0.29, 0.717) is 6.54 Å². The van der Waals surface area contributed by atoms with E-state index in [1.54, 1.807) is 11.8 Å². The van der Waals surface area contributed by atoms with Crippen molar-refractivity contribution in [3.05, 3.63) is 60.2 Å². The molecule has 19 heavy (non-hydrogen) atoms. The number of carbonyl (C=O) groups excluding carboxylic acids is 1. The highest BCUT2D eigenvalue weighted by Gasteiger charge is 2.22. The fraction of sp³-hybridized carbons (Fsp3) is 0.125. The SMILES string of the molecule is CC(=O)N1CC(c2ccccc2)=Nc2ccccc21. The van der Waals surface area contributed by atoms with Gasteiger partial charge in [0.25, 0.3) is 0 Å². The lowest BCUT2D eigenvalue weighted by molar-refractivity contribution is -0.116. The average molecular weight is 250 g/mol. The third-order valence-corrected chi connectivity index (χ3v) is 3.22. The minimum atomic E-state index is 0.0378. The van der Waals surface area contributed by atoms with Crippen LogP contribution in [0.25, 0.3) is 0 Å². The van der Waals surface area contributed by atoms with Gasteiger partial charge in [0.05, 0.1) is 23.6 Å². The highest BCUT2D eigenvalue weighted by atomic mass is 16.2. The molecule has 3 heteroatoms. The Kier molecular flexibility index (Phi) is 2.88. The van der Waals surface area contributed by atoms with Gasteiger partial charge < -0.3 is 4.90 Å². The van der Waals surface area contributed by atoms with Crippen LogP contribution in [0.3, 0.4) is 0 Å². The van der Waals surface area contributed by atoms with E-state index in [4.69, 9.17) is 0 Å². The molecule has 0 atom stereocenters. The molecule has 1 aliphatic rings. The molecule has 0 aromatic heterocycles. The van der Waals surface area contributed by atoms with Gasteiger partial charge >= 0.3 is 0 Å². The van der Waals surface area contributed by atoms with Crippen LogP contribution in [0.5, 0.6) is 0 Å². The third-order valence-electron chi connectivity index (χ3n) is 3.22. The number of carbonyl (C=O) groups is 1. The van der Waals surface area contributed by atoms with Gasteiger partial charge in [-0.3, -0.25) is 4.79 Å². The number of hydrogen-bond donors (Lipinski definition) is 0. The summed E-state index contributed by atoms with van der Waals surface area (Å²) in [6.45, 7) is 2.11. The zero-order valence-corrected chi connectivity index (χ0v) is 10.7. The van der Waals surface area contributed by atoms with Crippen molar-refractivity contribution in [1.29, 1.82) is 0 Å². The van der Waals surface area contributed by atoms with Crippen LogP contribution >= 0.6 is 0 Å². The maximum atomic E-state index is 11.8. The zero-order chi connectivity index (χ0) is 13.2. The molecule has 2 aromatic carbocycles. The molecule has 3 nitrogen and oxygen atoms in total. The Hall–Kier alpha value is -2.42. The maximum absolute atomic E-state index is 11.8. The molecule has 0 spiro atoms. The molecule has 0 radical (unpaired) electrons. The number of anilines is 1. The van der Waals surface area contributed by atoms with Gasteiger partial charge in [0.1, 0.15) is 0 Å². The van der Waals surface area contributed by atoms with Crippen molar-refractivity contribution in [2.75, 3.05) is 11.4 Å². The van der Waals surface area contributed by atoms with Gasteiger partial charge in [-0.05, 0) is 17.7 Å². The Labute approximate surface area is 112 Å². The van der Waals surface area contributed by atoms with Crippen molar-refractivity contribution < 1.29 is 4.79 Å². The van der Waals surface area contributed by atoms with Gasteiger partial charge in [-0.25, -0.2) is 4.99 Å². The number of nitrogens with zero attached hydrogens (tertiary/aromatic N) is 2. The first-order valence-electron chi connectivity index (χ1n) is 6.26. The first-order valence-corrected chi connectivity index (χ1v) is 6.26. The molecule has 0 fully saturated rings. The highest BCUT2D eigenvalue weighted by molar-refractivity contribution is 6.12. The summed E-state index contributed by atoms with van der Waals surface area (Å²) in [7, 11) is 0. The lowest BCUT2D eigenvalue weighted by atomic mass is 10.1. The normalized spacial score (nSPS) is 13.7. The van der Waals surface area contributed by atoms with E-state index in [0.717, 1.165) is 22.6 Å². The Bertz CT molecular complexity index is 647. The van der Waals surface area contributed by atoms with Gasteiger partial charge in [-0.15, -0.1) is 0 Å². The second-order valence-electron chi connectivity index (χ2n) is 4.52. The molecule has 0 saturated heterocycles. The summed E-state index contributed by atoms with van der Waals surface area (Å²) in [5, 5.41) is 0. The number of para-hydroxylation sites is 2. The van der Waals surface area contributed by atoms with Crippen LogP contribution in [0.2, 0.25) is 0 Å². The second kappa shape index (κ2) is 4.69. The van der Waals surface area contributed by atoms with Crippen molar-refractivity contribution in [3.63, 3.8) is 0 Å². The van der Waals surface area contributed by atoms with Crippen molar-refractivity contribution in [2.24, 2.45) is 4.99 Å². The molecule has 0 saturated carbocycles. The summed E-state index contributed by atoms with van der Waals surface area (Å²) in [6.07, 6.45) is 0. The Morgan fingerprint density at radius 1 is 1.05 bits per heavy atom. The summed E-state index contributed by atoms with van der Waals surface area (Å²) in [5.41, 5.74) is 3.72. The fourth-order valence-corrected chi connectivity index (χ4v) is 2.27. The molecule has 0 unspecified atom stereocenters. The summed E-state index contributed by atoms with van der Waals surface area (Å²) >= 11 is 0. The predicted molar refractivity (Wildman–Crippen MR) is 77.1 cm³/mol. The van der Waals surface area contributed by atoms with E-state index in [2.05, 4.69) is 4.99 Å². The summed E-state index contributed by atoms with van der Waals surface area (Å²) in [6, 6.07) is 17.7. The molecule has 0 bridgehead atoms. The average Bonchev–Trinajstić information content (AvgIpc) is 2.47. The smallest absolute Gasteiger partial charge is 0.224 e. The molecule has 1 heterocycles. The molecule has 0 aliphatic carbocycles. The van der Waals surface area contributed by atoms with E-state index < -0.39 is 0 Å². The quantitative estimate of drug-likeness (QED) is 0.765. The fourth-order valence-electron chi connectivity index (χ4n) is 2.27. The summed E-state index contributed by atoms with van der Waals surface area (Å²) in [5.74, 6) is 0.0378. The summed E-state index contributed by atoms with van der Waals surface area (Å²) in [4.78, 5) is 18.2. The Morgan fingerprint density at radius 3 is 2.47 bits per heavy atom. The second-order valence-corrected chi connectivity index (χ2v) is 4.52. The zero-order valence-electron chi connectivity index (χ0n) is 10.7. The van der Waals surface area contributed by atoms with E-state index in [1.165, 1.54) is 0 Å². The van der Waals surface area contributed by atoms with Crippen LogP contribution in [0.4, 0.5) is 11.4 Å². The van der Waals surface area contributed by atoms with Gasteiger partial charge in [0.2, 0.25) is 5.91 Å². The lowest BCUT2D eigenvalue weighted by Crippen LogP contribution is -2.36. The number of rotatable bonds is 1. The molecule has 1 amide bonds. The first-order chi connectivity index (χ1) is 9.25. The third kappa shape index (κ3) is 2.15. The Balaban J connectivity index is 2.10. The van der Waals surface area contributed by atoms with Crippen LogP contribution in [0.1, 0.15) is 12.5 Å². The first kappa shape index (κ1) is 11.7. The Morgan fingerprint density at radius 2 is 1.74 bits per heavy atom. The maximum Gasteiger partial charge on any atom is 0.224 e. The molecular weight excluding hydrogens is 236 g/mol. The van der Waals surface area contributed by atoms with Crippen LogP contribution in [0, 0.1) is 0 Å². The summed E-state index contributed by atoms with van der Waals surface area (Å²) < 4.78 is 0. The molecule has 2 aromatic rings. The highest BCUT2D eigenvalue weighted by Crippen LogP contribution is 2.32. The number of hydrogen-bond acceptors (Lipinski definition) is 2. The van der Waals surface area contributed by atoms with Crippen molar-refractivity contribution in [1.82, 2.24) is 0 Å². The lowest BCUT2D eigenvalue weighted by Gasteiger charge is -2.27. The molecule has 0 N–H and O–H groups in total. The molecular formula is C16H14N2O. The van der Waals surface area contributed by atoms with E-state index in [-0.39, 0.29) is 5.91 Å². The van der Waals surface area contributed by atoms with Gasteiger partial charge in [0.15, 0.2) is 0 Å². The standard InChI is InChI=1S/C16H14N2O/c1-12(19)18-11-15(13-7-3-2-4-8-13)17-14-9-5-6-10-16(14)18/h2-10H,11H2,1H3. The van der Waals surface area contributed by atoms with Gasteiger partial charge in [0, 0.05) is 6.92 Å². The monoisotopic (exact) mass is 250 g/mol. The van der Waals surface area contributed by atoms with Crippen LogP contribution in [-0.4, -0.2) is 18.2 Å². The van der Waals surface area contributed by atoms with Crippen LogP contribution in [0.15, 0.2) is 59.6 Å². The molecule has 94 valence electrons. The molecule has 1 aliphatic heterocycles. The van der Waals surface area contributed by atoms with E-state index in [1.807, 2.05) is 54.6 Å². The minimum Gasteiger partial charge on any atom is -0.305 e. The van der Waals surface area contributed by atoms with E-state index >= 15 is 0 Å². The topological polar surface area (TPSA) is 32.7 Å². The van der Waals surface area contributed by atoms with Crippen molar-refractivity contribution in [2.45, 2.75) is 6.92 Å². The minimum absolute atomic E-state index is 0.0378. The van der Waals surface area contributed by atoms with Gasteiger partial charge in [-0.2, -0.15) is 0 Å².